The van der Waals surface area contributed by atoms with Gasteiger partial charge < -0.3 is 9.69 Å². The summed E-state index contributed by atoms with van der Waals surface area (Å²) >= 11 is 0. The van der Waals surface area contributed by atoms with Crippen LogP contribution in [0.25, 0.3) is 5.57 Å². The molecule has 1 aromatic rings. The zero-order valence-electron chi connectivity index (χ0n) is 17.7. The first kappa shape index (κ1) is 22.8. The maximum Gasteiger partial charge on any atom is 0.166 e. The van der Waals surface area contributed by atoms with E-state index in [4.69, 9.17) is 0 Å². The molecular weight excluding hydrogens is 389 g/mol. The van der Waals surface area contributed by atoms with E-state index in [-0.39, 0.29) is 17.6 Å². The van der Waals surface area contributed by atoms with Gasteiger partial charge in [0.25, 0.3) is 0 Å². The van der Waals surface area contributed by atoms with Crippen molar-refractivity contribution in [2.75, 3.05) is 32.7 Å². The molecule has 1 aliphatic carbocycles. The van der Waals surface area contributed by atoms with Gasteiger partial charge in [-0.1, -0.05) is 56.9 Å². The van der Waals surface area contributed by atoms with Crippen LogP contribution in [-0.2, 0) is 4.79 Å². The maximum absolute atomic E-state index is 15.0. The Labute approximate surface area is 177 Å². The van der Waals surface area contributed by atoms with Gasteiger partial charge in [0.15, 0.2) is 11.6 Å². The van der Waals surface area contributed by atoms with E-state index < -0.39 is 23.0 Å². The number of carbonyl (C=O) groups is 1. The molecule has 3 rings (SSSR count). The minimum Gasteiger partial charge on any atom is -0.301 e. The average molecular weight is 421 g/mol. The van der Waals surface area contributed by atoms with Gasteiger partial charge in [0.2, 0.25) is 0 Å². The van der Waals surface area contributed by atoms with Crippen molar-refractivity contribution < 1.29 is 18.0 Å². The van der Waals surface area contributed by atoms with Gasteiger partial charge in [-0.05, 0) is 19.0 Å². The highest BCUT2D eigenvalue weighted by molar-refractivity contribution is 5.82. The minimum absolute atomic E-state index is 0.00944. The third-order valence-electron chi connectivity index (χ3n) is 6.25. The monoisotopic (exact) mass is 420 g/mol. The van der Waals surface area contributed by atoms with E-state index in [0.717, 1.165) is 32.0 Å². The molecule has 1 unspecified atom stereocenters. The van der Waals surface area contributed by atoms with Crippen molar-refractivity contribution in [1.29, 1.82) is 0 Å². The number of piperazine rings is 1. The number of hydrogen-bond donors (Lipinski definition) is 0. The van der Waals surface area contributed by atoms with E-state index in [1.807, 2.05) is 4.90 Å². The van der Waals surface area contributed by atoms with Gasteiger partial charge in [-0.25, -0.2) is 13.2 Å². The van der Waals surface area contributed by atoms with Gasteiger partial charge in [-0.2, -0.15) is 0 Å². The van der Waals surface area contributed by atoms with Crippen LogP contribution in [0, 0.1) is 11.6 Å². The maximum atomic E-state index is 15.0. The number of halogens is 3. The van der Waals surface area contributed by atoms with Gasteiger partial charge >= 0.3 is 0 Å². The number of benzene rings is 1. The van der Waals surface area contributed by atoms with Crippen molar-refractivity contribution in [2.24, 2.45) is 0 Å². The van der Waals surface area contributed by atoms with Crippen molar-refractivity contribution in [3.63, 3.8) is 0 Å². The Kier molecular flexibility index (Phi) is 7.89. The van der Waals surface area contributed by atoms with Crippen LogP contribution < -0.4 is 0 Å². The Morgan fingerprint density at radius 2 is 1.77 bits per heavy atom. The Morgan fingerprint density at radius 1 is 1.03 bits per heavy atom. The summed E-state index contributed by atoms with van der Waals surface area (Å²) in [6, 6.07) is 3.71. The number of allylic oxidation sites excluding steroid dienone is 2. The first-order valence-electron chi connectivity index (χ1n) is 11.0. The Morgan fingerprint density at radius 3 is 2.43 bits per heavy atom. The molecule has 1 heterocycles. The van der Waals surface area contributed by atoms with E-state index in [9.17, 15) is 18.0 Å². The number of carbonyl (C=O) groups excluding carboxylic acids is 1. The van der Waals surface area contributed by atoms with Crippen molar-refractivity contribution in [3.05, 3.63) is 53.4 Å². The molecule has 0 aromatic heterocycles. The largest absolute Gasteiger partial charge is 0.301 e. The second-order valence-corrected chi connectivity index (χ2v) is 8.28. The molecule has 0 bridgehead atoms. The van der Waals surface area contributed by atoms with Gasteiger partial charge in [0.1, 0.15) is 17.7 Å². The fraction of sp³-hybridized carbons (Fsp3) is 0.542. The zero-order chi connectivity index (χ0) is 21.6. The lowest BCUT2D eigenvalue weighted by Crippen LogP contribution is -2.57. The molecule has 2 aliphatic rings. The number of rotatable bonds is 9. The molecule has 1 aromatic carbocycles. The lowest BCUT2D eigenvalue weighted by molar-refractivity contribution is -0.117. The van der Waals surface area contributed by atoms with E-state index in [1.165, 1.54) is 50.3 Å². The third-order valence-corrected chi connectivity index (χ3v) is 6.25. The average Bonchev–Trinajstić information content (AvgIpc) is 2.76. The summed E-state index contributed by atoms with van der Waals surface area (Å²) < 4.78 is 42.6. The first-order chi connectivity index (χ1) is 14.5. The quantitative estimate of drug-likeness (QED) is 0.409. The fourth-order valence-electron chi connectivity index (χ4n) is 4.37. The van der Waals surface area contributed by atoms with Crippen molar-refractivity contribution in [2.45, 2.75) is 51.0 Å². The summed E-state index contributed by atoms with van der Waals surface area (Å²) in [4.78, 5) is 16.4. The first-order valence-corrected chi connectivity index (χ1v) is 11.0. The smallest absolute Gasteiger partial charge is 0.166 e. The topological polar surface area (TPSA) is 23.6 Å². The summed E-state index contributed by atoms with van der Waals surface area (Å²) in [6.07, 6.45) is 9.89. The van der Waals surface area contributed by atoms with Crippen molar-refractivity contribution >= 4 is 11.9 Å². The van der Waals surface area contributed by atoms with Crippen molar-refractivity contribution in [3.8, 4) is 0 Å². The highest BCUT2D eigenvalue weighted by Gasteiger charge is 2.40. The van der Waals surface area contributed by atoms with Crippen molar-refractivity contribution in [1.82, 2.24) is 9.80 Å². The molecule has 3 nitrogen and oxygen atoms in total. The van der Waals surface area contributed by atoms with Gasteiger partial charge in [0.05, 0.1) is 0 Å². The molecule has 0 spiro atoms. The molecule has 1 atom stereocenters. The van der Waals surface area contributed by atoms with Crippen LogP contribution in [-0.4, -0.2) is 54.3 Å². The van der Waals surface area contributed by atoms with Crippen LogP contribution in [0.3, 0.4) is 0 Å². The summed E-state index contributed by atoms with van der Waals surface area (Å²) in [6.45, 7) is 6.29. The lowest BCUT2D eigenvalue weighted by atomic mass is 9.84. The second-order valence-electron chi connectivity index (χ2n) is 8.28. The number of unbranched alkanes of at least 4 members (excludes halogenated alkanes) is 4. The summed E-state index contributed by atoms with van der Waals surface area (Å²) in [5.41, 5.74) is -1.17. The SMILES string of the molecule is CCCCCCCN1CCN(C2(C=O)C=CC(c3cccc(F)c3F)=C(F)C2)CC1. The van der Waals surface area contributed by atoms with E-state index in [1.54, 1.807) is 6.08 Å². The standard InChI is InChI=1S/C24H31F3N2O/c1-2-3-4-5-6-12-28-13-15-29(16-14-28)24(18-30)11-10-19(22(26)17-24)20-8-7-9-21(25)23(20)27/h7-11,18H,2-6,12-17H2,1H3. The van der Waals surface area contributed by atoms with Crippen LogP contribution in [0.2, 0.25) is 0 Å². The summed E-state index contributed by atoms with van der Waals surface area (Å²) in [7, 11) is 0. The van der Waals surface area contributed by atoms with Crippen LogP contribution >= 0.6 is 0 Å². The minimum atomic E-state index is -1.07. The predicted molar refractivity (Wildman–Crippen MR) is 114 cm³/mol. The molecule has 1 fully saturated rings. The lowest BCUT2D eigenvalue weighted by Gasteiger charge is -2.44. The number of aldehydes is 1. The molecule has 0 radical (unpaired) electrons. The fourth-order valence-corrected chi connectivity index (χ4v) is 4.37. The van der Waals surface area contributed by atoms with Crippen LogP contribution in [0.1, 0.15) is 51.0 Å². The molecular formula is C24H31F3N2O. The molecule has 164 valence electrons. The second kappa shape index (κ2) is 10.4. The van der Waals surface area contributed by atoms with E-state index in [2.05, 4.69) is 11.8 Å². The normalized spacial score (nSPS) is 23.2. The van der Waals surface area contributed by atoms with Crippen LogP contribution in [0.15, 0.2) is 36.2 Å². The Balaban J connectivity index is 1.62. The van der Waals surface area contributed by atoms with E-state index >= 15 is 0 Å². The number of nitrogens with zero attached hydrogens (tertiary/aromatic N) is 2. The molecule has 6 heteroatoms. The van der Waals surface area contributed by atoms with Gasteiger partial charge in [0, 0.05) is 43.7 Å². The van der Waals surface area contributed by atoms with Gasteiger partial charge in [-0.15, -0.1) is 0 Å². The predicted octanol–water partition coefficient (Wildman–Crippen LogP) is 5.13. The van der Waals surface area contributed by atoms with Crippen LogP contribution in [0.5, 0.6) is 0 Å². The van der Waals surface area contributed by atoms with E-state index in [0.29, 0.717) is 13.1 Å². The molecule has 0 N–H and O–H groups in total. The molecule has 1 saturated heterocycles. The third kappa shape index (κ3) is 5.03. The zero-order valence-corrected chi connectivity index (χ0v) is 17.7. The molecule has 0 saturated carbocycles. The molecule has 1 aliphatic heterocycles. The Hall–Kier alpha value is -1.92. The van der Waals surface area contributed by atoms with Gasteiger partial charge in [-0.3, -0.25) is 4.90 Å². The highest BCUT2D eigenvalue weighted by atomic mass is 19.2. The molecule has 30 heavy (non-hydrogen) atoms. The van der Waals surface area contributed by atoms with Crippen LogP contribution in [0.4, 0.5) is 13.2 Å². The highest BCUT2D eigenvalue weighted by Crippen LogP contribution is 2.37. The number of hydrogen-bond acceptors (Lipinski definition) is 3. The Bertz CT molecular complexity index is 800. The molecule has 0 amide bonds. The summed E-state index contributed by atoms with van der Waals surface area (Å²) in [5.74, 6) is -2.68. The summed E-state index contributed by atoms with van der Waals surface area (Å²) in [5, 5.41) is 0.